The standard InChI is InChI=1S/C2H10O3Si2/c1-3-7(4-2)5-6/h7H,1-2,6H3. The van der Waals surface area contributed by atoms with Crippen LogP contribution in [-0.4, -0.2) is 34.2 Å². The predicted octanol–water partition coefficient (Wildman–Crippen LogP) is -1.71. The molecule has 0 saturated heterocycles. The van der Waals surface area contributed by atoms with Crippen LogP contribution in [0.1, 0.15) is 0 Å². The van der Waals surface area contributed by atoms with E-state index >= 15 is 0 Å². The molecule has 0 fully saturated rings. The van der Waals surface area contributed by atoms with Crippen molar-refractivity contribution in [3.63, 3.8) is 0 Å². The van der Waals surface area contributed by atoms with Crippen molar-refractivity contribution in [2.75, 3.05) is 14.2 Å². The third kappa shape index (κ3) is 2.95. The van der Waals surface area contributed by atoms with E-state index in [1.807, 2.05) is 0 Å². The molecule has 0 amide bonds. The van der Waals surface area contributed by atoms with Gasteiger partial charge in [-0.3, -0.25) is 0 Å². The van der Waals surface area contributed by atoms with Gasteiger partial charge in [-0.25, -0.2) is 0 Å². The molecule has 0 aromatic rings. The maximum Gasteiger partial charge on any atom is 0.472 e. The van der Waals surface area contributed by atoms with E-state index in [1.54, 1.807) is 14.2 Å². The Bertz CT molecular complexity index is 32.4. The Morgan fingerprint density at radius 1 is 1.29 bits per heavy atom. The first kappa shape index (κ1) is 7.31. The third-order valence-corrected chi connectivity index (χ3v) is 2.89. The molecule has 0 saturated carbocycles. The first-order valence-electron chi connectivity index (χ1n) is 1.93. The molecule has 0 aliphatic rings. The van der Waals surface area contributed by atoms with E-state index in [1.165, 1.54) is 0 Å². The molecule has 0 N–H and O–H groups in total. The minimum Gasteiger partial charge on any atom is -0.427 e. The number of rotatable bonds is 3. The molecule has 0 bridgehead atoms. The van der Waals surface area contributed by atoms with Crippen LogP contribution in [-0.2, 0) is 13.0 Å². The van der Waals surface area contributed by atoms with Crippen molar-refractivity contribution in [2.24, 2.45) is 0 Å². The van der Waals surface area contributed by atoms with E-state index in [0.29, 0.717) is 10.5 Å². The Hall–Kier alpha value is 0.314. The second kappa shape index (κ2) is 4.47. The lowest BCUT2D eigenvalue weighted by Crippen LogP contribution is -2.22. The maximum absolute atomic E-state index is 4.88. The van der Waals surface area contributed by atoms with Crippen molar-refractivity contribution in [1.29, 1.82) is 0 Å². The maximum atomic E-state index is 4.88. The van der Waals surface area contributed by atoms with Gasteiger partial charge in [-0.2, -0.15) is 0 Å². The fraction of sp³-hybridized carbons (Fsp3) is 1.00. The van der Waals surface area contributed by atoms with Gasteiger partial charge in [-0.05, 0) is 0 Å². The molecule has 44 valence electrons. The van der Waals surface area contributed by atoms with E-state index in [-0.39, 0.29) is 0 Å². The summed E-state index contributed by atoms with van der Waals surface area (Å²) in [4.78, 5) is 0. The average Bonchev–Trinajstić information content (AvgIpc) is 1.72. The van der Waals surface area contributed by atoms with Crippen LogP contribution < -0.4 is 0 Å². The molecule has 0 atom stereocenters. The van der Waals surface area contributed by atoms with Gasteiger partial charge < -0.3 is 13.0 Å². The molecule has 0 spiro atoms. The van der Waals surface area contributed by atoms with E-state index in [9.17, 15) is 0 Å². The van der Waals surface area contributed by atoms with E-state index in [2.05, 4.69) is 0 Å². The third-order valence-electron chi connectivity index (χ3n) is 0.577. The molecular formula is C2H10O3Si2. The highest BCUT2D eigenvalue weighted by molar-refractivity contribution is 6.41. The Labute approximate surface area is 48.1 Å². The summed E-state index contributed by atoms with van der Waals surface area (Å²) in [5.41, 5.74) is 0. The summed E-state index contributed by atoms with van der Waals surface area (Å²) in [6, 6.07) is 0. The van der Waals surface area contributed by atoms with Gasteiger partial charge >= 0.3 is 9.53 Å². The molecule has 0 aliphatic carbocycles. The van der Waals surface area contributed by atoms with Crippen molar-refractivity contribution in [2.45, 2.75) is 0 Å². The summed E-state index contributed by atoms with van der Waals surface area (Å²) in [7, 11) is 2.28. The molecule has 3 nitrogen and oxygen atoms in total. The monoisotopic (exact) mass is 138 g/mol. The van der Waals surface area contributed by atoms with Crippen molar-refractivity contribution >= 4 is 20.0 Å². The quantitative estimate of drug-likeness (QED) is 0.435. The molecule has 0 radical (unpaired) electrons. The van der Waals surface area contributed by atoms with Gasteiger partial charge in [-0.1, -0.05) is 0 Å². The highest BCUT2D eigenvalue weighted by atomic mass is 28.4. The fourth-order valence-corrected chi connectivity index (χ4v) is 2.02. The molecular weight excluding hydrogens is 128 g/mol. The zero-order chi connectivity index (χ0) is 5.70. The van der Waals surface area contributed by atoms with Crippen LogP contribution in [0.5, 0.6) is 0 Å². The van der Waals surface area contributed by atoms with Crippen LogP contribution in [0.25, 0.3) is 0 Å². The van der Waals surface area contributed by atoms with Gasteiger partial charge in [0.2, 0.25) is 0 Å². The van der Waals surface area contributed by atoms with Crippen molar-refractivity contribution in [3.8, 4) is 0 Å². The summed E-state index contributed by atoms with van der Waals surface area (Å²) < 4.78 is 14.4. The normalized spacial score (nSPS) is 10.7. The lowest BCUT2D eigenvalue weighted by atomic mass is 11.8. The average molecular weight is 138 g/mol. The summed E-state index contributed by atoms with van der Waals surface area (Å²) in [5, 5.41) is 0. The van der Waals surface area contributed by atoms with Crippen LogP contribution in [0.15, 0.2) is 0 Å². The van der Waals surface area contributed by atoms with Crippen LogP contribution in [0, 0.1) is 0 Å². The summed E-state index contributed by atoms with van der Waals surface area (Å²) in [6.45, 7) is 0. The first-order chi connectivity index (χ1) is 3.35. The van der Waals surface area contributed by atoms with Crippen LogP contribution in [0.3, 0.4) is 0 Å². The molecule has 0 aromatic carbocycles. The summed E-state index contributed by atoms with van der Waals surface area (Å²) in [6.07, 6.45) is 0. The lowest BCUT2D eigenvalue weighted by molar-refractivity contribution is 0.207. The van der Waals surface area contributed by atoms with Gasteiger partial charge in [0.05, 0.1) is 0 Å². The predicted molar refractivity (Wildman–Crippen MR) is 32.2 cm³/mol. The minimum absolute atomic E-state index is 0.703. The smallest absolute Gasteiger partial charge is 0.427 e. The number of hydrogen-bond donors (Lipinski definition) is 0. The van der Waals surface area contributed by atoms with Crippen molar-refractivity contribution < 1.29 is 13.0 Å². The molecule has 0 unspecified atom stereocenters. The molecule has 0 aromatic heterocycles. The fourth-order valence-electron chi connectivity index (χ4n) is 0.289. The van der Waals surface area contributed by atoms with E-state index in [4.69, 9.17) is 13.0 Å². The van der Waals surface area contributed by atoms with E-state index in [0.717, 1.165) is 0 Å². The van der Waals surface area contributed by atoms with Crippen LogP contribution in [0.4, 0.5) is 0 Å². The zero-order valence-electron chi connectivity index (χ0n) is 4.80. The first-order valence-corrected chi connectivity index (χ1v) is 4.16. The molecule has 0 heterocycles. The molecule has 5 heteroatoms. The second-order valence-corrected chi connectivity index (χ2v) is 4.40. The topological polar surface area (TPSA) is 27.7 Å². The van der Waals surface area contributed by atoms with Crippen LogP contribution in [0.2, 0.25) is 0 Å². The molecule has 7 heavy (non-hydrogen) atoms. The Morgan fingerprint density at radius 2 is 1.71 bits per heavy atom. The van der Waals surface area contributed by atoms with Crippen molar-refractivity contribution in [3.05, 3.63) is 0 Å². The van der Waals surface area contributed by atoms with Crippen LogP contribution >= 0.6 is 0 Å². The number of hydrogen-bond acceptors (Lipinski definition) is 3. The largest absolute Gasteiger partial charge is 0.472 e. The molecule has 0 rings (SSSR count). The Morgan fingerprint density at radius 3 is 1.71 bits per heavy atom. The molecule has 0 aliphatic heterocycles. The minimum atomic E-state index is -1.61. The Balaban J connectivity index is 2.99. The van der Waals surface area contributed by atoms with Gasteiger partial charge in [0, 0.05) is 14.2 Å². The highest BCUT2D eigenvalue weighted by Crippen LogP contribution is 1.80. The zero-order valence-corrected chi connectivity index (χ0v) is 7.96. The van der Waals surface area contributed by atoms with Gasteiger partial charge in [0.25, 0.3) is 0 Å². The summed E-state index contributed by atoms with van der Waals surface area (Å²) >= 11 is 0. The Kier molecular flexibility index (Phi) is 4.67. The van der Waals surface area contributed by atoms with E-state index < -0.39 is 9.53 Å². The lowest BCUT2D eigenvalue weighted by Gasteiger charge is -2.05. The SMILES string of the molecule is CO[SiH](OC)O[SiH3]. The van der Waals surface area contributed by atoms with Gasteiger partial charge in [0.1, 0.15) is 10.5 Å². The summed E-state index contributed by atoms with van der Waals surface area (Å²) in [5.74, 6) is 0. The van der Waals surface area contributed by atoms with Crippen molar-refractivity contribution in [1.82, 2.24) is 0 Å². The van der Waals surface area contributed by atoms with Gasteiger partial charge in [-0.15, -0.1) is 0 Å². The highest BCUT2D eigenvalue weighted by Gasteiger charge is 2.04. The second-order valence-electron chi connectivity index (χ2n) is 0.996. The van der Waals surface area contributed by atoms with Gasteiger partial charge in [0.15, 0.2) is 0 Å².